The van der Waals surface area contributed by atoms with Gasteiger partial charge in [0.2, 0.25) is 0 Å². The minimum Gasteiger partial charge on any atom is -0.480 e. The van der Waals surface area contributed by atoms with Crippen molar-refractivity contribution in [3.8, 4) is 0 Å². The Morgan fingerprint density at radius 2 is 1.58 bits per heavy atom. The monoisotopic (exact) mass is 179 g/mol. The van der Waals surface area contributed by atoms with Gasteiger partial charge in [0.15, 0.2) is 6.29 Å². The largest absolute Gasteiger partial charge is 0.480 e. The van der Waals surface area contributed by atoms with Crippen LogP contribution in [0, 0.1) is 0 Å². The van der Waals surface area contributed by atoms with Crippen LogP contribution in [0.1, 0.15) is 13.8 Å². The lowest BCUT2D eigenvalue weighted by atomic mass is 10.4. The maximum Gasteiger partial charge on any atom is 0.320 e. The molecule has 0 aliphatic heterocycles. The minimum atomic E-state index is -0.963. The van der Waals surface area contributed by atoms with E-state index < -0.39 is 12.0 Å². The molecule has 0 radical (unpaired) electrons. The third-order valence-electron chi connectivity index (χ3n) is 1.05. The zero-order chi connectivity index (χ0) is 10.1. The normalized spacial score (nSPS) is 11.8. The molecule has 0 spiro atoms. The van der Waals surface area contributed by atoms with Crippen LogP contribution in [0.25, 0.3) is 0 Å². The molecule has 0 rings (SSSR count). The van der Waals surface area contributed by atoms with Crippen LogP contribution in [-0.2, 0) is 14.3 Å². The van der Waals surface area contributed by atoms with Crippen LogP contribution in [0.4, 0.5) is 0 Å². The van der Waals surface area contributed by atoms with E-state index in [1.54, 1.807) is 14.2 Å². The number of carbonyl (C=O) groups is 1. The lowest BCUT2D eigenvalue weighted by Crippen LogP contribution is -2.25. The van der Waals surface area contributed by atoms with Gasteiger partial charge in [0, 0.05) is 14.2 Å². The molecule has 0 aromatic rings. The van der Waals surface area contributed by atoms with Crippen molar-refractivity contribution in [3.05, 3.63) is 0 Å². The van der Waals surface area contributed by atoms with Crippen molar-refractivity contribution in [2.45, 2.75) is 26.2 Å². The summed E-state index contributed by atoms with van der Waals surface area (Å²) < 4.78 is 9.35. The highest BCUT2D eigenvalue weighted by Crippen LogP contribution is 1.82. The van der Waals surface area contributed by atoms with Crippen LogP contribution >= 0.6 is 0 Å². The second-order valence-corrected chi connectivity index (χ2v) is 2.17. The molecule has 0 aromatic carbocycles. The first-order chi connectivity index (χ1) is 5.45. The van der Waals surface area contributed by atoms with E-state index >= 15 is 0 Å². The molecule has 0 saturated carbocycles. The van der Waals surface area contributed by atoms with Gasteiger partial charge in [-0.05, 0) is 13.8 Å². The van der Waals surface area contributed by atoms with Crippen LogP contribution < -0.4 is 5.73 Å². The molecule has 0 aromatic heterocycles. The molecule has 5 nitrogen and oxygen atoms in total. The summed E-state index contributed by atoms with van der Waals surface area (Å²) in [6.07, 6.45) is -0.0648. The number of aliphatic carboxylic acids is 1. The zero-order valence-electron chi connectivity index (χ0n) is 7.90. The molecule has 5 heteroatoms. The summed E-state index contributed by atoms with van der Waals surface area (Å²) in [5.41, 5.74) is 4.84. The van der Waals surface area contributed by atoms with Crippen molar-refractivity contribution in [1.29, 1.82) is 0 Å². The van der Waals surface area contributed by atoms with E-state index in [-0.39, 0.29) is 6.29 Å². The standard InChI is InChI=1S/C4H10O2.C3H7NO2/c1-4(5-2)6-3;1-2(4)3(5)6/h4H,1-3H3;2H,4H2,1H3,(H,5,6). The van der Waals surface area contributed by atoms with E-state index in [0.717, 1.165) is 0 Å². The third kappa shape index (κ3) is 12.1. The molecule has 12 heavy (non-hydrogen) atoms. The van der Waals surface area contributed by atoms with Gasteiger partial charge in [-0.1, -0.05) is 0 Å². The molecule has 1 atom stereocenters. The summed E-state index contributed by atoms with van der Waals surface area (Å²) in [7, 11) is 3.21. The van der Waals surface area contributed by atoms with Gasteiger partial charge in [-0.2, -0.15) is 0 Å². The average molecular weight is 179 g/mol. The minimum absolute atomic E-state index is 0.0648. The molecule has 0 aliphatic carbocycles. The lowest BCUT2D eigenvalue weighted by molar-refractivity contribution is -0.138. The van der Waals surface area contributed by atoms with E-state index in [1.165, 1.54) is 6.92 Å². The number of hydrogen-bond donors (Lipinski definition) is 2. The Labute approximate surface area is 72.5 Å². The zero-order valence-corrected chi connectivity index (χ0v) is 7.90. The summed E-state index contributed by atoms with van der Waals surface area (Å²) in [6.45, 7) is 3.25. The number of methoxy groups -OCH3 is 2. The Balaban J connectivity index is 0. The third-order valence-corrected chi connectivity index (χ3v) is 1.05. The lowest BCUT2D eigenvalue weighted by Gasteiger charge is -2.03. The summed E-state index contributed by atoms with van der Waals surface area (Å²) in [5.74, 6) is -0.963. The van der Waals surface area contributed by atoms with Crippen molar-refractivity contribution in [2.24, 2.45) is 5.73 Å². The molecule has 0 saturated heterocycles. The maximum atomic E-state index is 9.57. The second kappa shape index (κ2) is 8.45. The number of carboxylic acids is 1. The van der Waals surface area contributed by atoms with Gasteiger partial charge in [0.05, 0.1) is 0 Å². The molecule has 3 N–H and O–H groups in total. The highest BCUT2D eigenvalue weighted by molar-refractivity contribution is 5.72. The van der Waals surface area contributed by atoms with Crippen molar-refractivity contribution in [3.63, 3.8) is 0 Å². The molecule has 0 aliphatic rings. The van der Waals surface area contributed by atoms with Gasteiger partial charge in [0.25, 0.3) is 0 Å². The number of rotatable bonds is 3. The van der Waals surface area contributed by atoms with E-state index in [0.29, 0.717) is 0 Å². The molecule has 0 amide bonds. The van der Waals surface area contributed by atoms with Crippen molar-refractivity contribution in [2.75, 3.05) is 14.2 Å². The Kier molecular flexibility index (Phi) is 9.79. The van der Waals surface area contributed by atoms with Crippen LogP contribution in [0.5, 0.6) is 0 Å². The van der Waals surface area contributed by atoms with Gasteiger partial charge in [-0.15, -0.1) is 0 Å². The number of ether oxygens (including phenoxy) is 2. The van der Waals surface area contributed by atoms with Crippen molar-refractivity contribution < 1.29 is 19.4 Å². The smallest absolute Gasteiger partial charge is 0.320 e. The number of carboxylic acid groups (broad SMARTS) is 1. The fourth-order valence-electron chi connectivity index (χ4n) is 0.0962. The second-order valence-electron chi connectivity index (χ2n) is 2.17. The van der Waals surface area contributed by atoms with Crippen LogP contribution in [-0.4, -0.2) is 37.6 Å². The van der Waals surface area contributed by atoms with Crippen LogP contribution in [0.2, 0.25) is 0 Å². The fraction of sp³-hybridized carbons (Fsp3) is 0.857. The Morgan fingerprint density at radius 3 is 1.58 bits per heavy atom. The first kappa shape index (κ1) is 13.9. The average Bonchev–Trinajstić information content (AvgIpc) is 2.04. The van der Waals surface area contributed by atoms with Gasteiger partial charge >= 0.3 is 5.97 Å². The van der Waals surface area contributed by atoms with E-state index in [1.807, 2.05) is 6.92 Å². The van der Waals surface area contributed by atoms with E-state index in [2.05, 4.69) is 9.47 Å². The summed E-state index contributed by atoms with van der Waals surface area (Å²) in [4.78, 5) is 9.57. The molecule has 74 valence electrons. The Morgan fingerprint density at radius 1 is 1.33 bits per heavy atom. The molecule has 1 unspecified atom stereocenters. The maximum absolute atomic E-state index is 9.57. The first-order valence-corrected chi connectivity index (χ1v) is 3.49. The van der Waals surface area contributed by atoms with Gasteiger partial charge in [-0.25, -0.2) is 0 Å². The highest BCUT2D eigenvalue weighted by Gasteiger charge is 1.99. The van der Waals surface area contributed by atoms with Gasteiger partial charge in [-0.3, -0.25) is 4.79 Å². The fourth-order valence-corrected chi connectivity index (χ4v) is 0.0962. The van der Waals surface area contributed by atoms with Crippen LogP contribution in [0.15, 0.2) is 0 Å². The number of hydrogen-bond acceptors (Lipinski definition) is 4. The molecule has 0 fully saturated rings. The quantitative estimate of drug-likeness (QED) is 0.598. The molecule has 0 bridgehead atoms. The SMILES string of the molecule is CC(N)C(=O)O.COC(C)OC. The molecular formula is C7H17NO4. The van der Waals surface area contributed by atoms with Crippen LogP contribution in [0.3, 0.4) is 0 Å². The van der Waals surface area contributed by atoms with Crippen molar-refractivity contribution >= 4 is 5.97 Å². The Bertz CT molecular complexity index is 112. The predicted octanol–water partition coefficient (Wildman–Crippen LogP) is 0.0434. The summed E-state index contributed by atoms with van der Waals surface area (Å²) in [5, 5.41) is 7.87. The van der Waals surface area contributed by atoms with E-state index in [9.17, 15) is 4.79 Å². The highest BCUT2D eigenvalue weighted by atomic mass is 16.7. The van der Waals surface area contributed by atoms with Crippen molar-refractivity contribution in [1.82, 2.24) is 0 Å². The number of nitrogens with two attached hydrogens (primary N) is 1. The predicted molar refractivity (Wildman–Crippen MR) is 44.8 cm³/mol. The molecule has 0 heterocycles. The first-order valence-electron chi connectivity index (χ1n) is 3.49. The molecular weight excluding hydrogens is 162 g/mol. The summed E-state index contributed by atoms with van der Waals surface area (Å²) in [6, 6.07) is -0.731. The van der Waals surface area contributed by atoms with Gasteiger partial charge < -0.3 is 20.3 Å². The topological polar surface area (TPSA) is 81.8 Å². The van der Waals surface area contributed by atoms with Gasteiger partial charge in [0.1, 0.15) is 6.04 Å². The Hall–Kier alpha value is -0.650. The summed E-state index contributed by atoms with van der Waals surface area (Å²) >= 11 is 0. The van der Waals surface area contributed by atoms with E-state index in [4.69, 9.17) is 10.8 Å².